The molecule has 30 heavy (non-hydrogen) atoms. The minimum Gasteiger partial charge on any atom is -0.320 e. The zero-order chi connectivity index (χ0) is 20.9. The number of aromatic nitrogens is 2. The van der Waals surface area contributed by atoms with E-state index in [0.29, 0.717) is 18.2 Å². The zero-order valence-corrected chi connectivity index (χ0v) is 17.2. The molecule has 0 bridgehead atoms. The topological polar surface area (TPSA) is 46.9 Å². The van der Waals surface area contributed by atoms with Gasteiger partial charge in [0.25, 0.3) is 0 Å². The fraction of sp³-hybridized carbons (Fsp3) is 0.154. The Balaban J connectivity index is 1.39. The molecule has 1 amide bonds. The quantitative estimate of drug-likeness (QED) is 0.416. The lowest BCUT2D eigenvalue weighted by atomic mass is 10.0. The highest BCUT2D eigenvalue weighted by molar-refractivity contribution is 6.01. The summed E-state index contributed by atoms with van der Waals surface area (Å²) in [5, 5.41) is 9.70. The van der Waals surface area contributed by atoms with E-state index in [2.05, 4.69) is 66.7 Å². The SMILES string of the molecule is CC(C)c1ccc(/C=C/C(=O)Nc2cnn(Cc3cccc4ccccc34)c2)cc1. The molecule has 0 unspecified atom stereocenters. The predicted molar refractivity (Wildman–Crippen MR) is 123 cm³/mol. The standard InChI is InChI=1S/C26H25N3O/c1-19(2)21-13-10-20(11-14-21)12-15-26(30)28-24-16-27-29(18-24)17-23-8-5-7-22-6-3-4-9-25(22)23/h3-16,18-19H,17H2,1-2H3,(H,28,30)/b15-12+. The Hall–Kier alpha value is -3.66. The van der Waals surface area contributed by atoms with Gasteiger partial charge in [0.1, 0.15) is 0 Å². The third kappa shape index (κ3) is 4.66. The van der Waals surface area contributed by atoms with Crippen molar-refractivity contribution in [1.29, 1.82) is 0 Å². The van der Waals surface area contributed by atoms with Gasteiger partial charge in [-0.25, -0.2) is 0 Å². The van der Waals surface area contributed by atoms with Crippen LogP contribution in [0.2, 0.25) is 0 Å². The van der Waals surface area contributed by atoms with E-state index in [9.17, 15) is 4.79 Å². The van der Waals surface area contributed by atoms with E-state index in [1.165, 1.54) is 21.9 Å². The highest BCUT2D eigenvalue weighted by Gasteiger charge is 2.05. The second-order valence-electron chi connectivity index (χ2n) is 7.71. The normalized spacial score (nSPS) is 11.4. The molecule has 1 heterocycles. The molecule has 0 fully saturated rings. The molecule has 4 aromatic rings. The van der Waals surface area contributed by atoms with E-state index in [1.807, 2.05) is 41.2 Å². The highest BCUT2D eigenvalue weighted by atomic mass is 16.1. The van der Waals surface area contributed by atoms with Crippen LogP contribution >= 0.6 is 0 Å². The lowest BCUT2D eigenvalue weighted by Gasteiger charge is -2.06. The highest BCUT2D eigenvalue weighted by Crippen LogP contribution is 2.20. The molecule has 0 saturated carbocycles. The van der Waals surface area contributed by atoms with Gasteiger partial charge in [0.15, 0.2) is 0 Å². The van der Waals surface area contributed by atoms with Crippen LogP contribution < -0.4 is 5.32 Å². The lowest BCUT2D eigenvalue weighted by Crippen LogP contribution is -2.07. The molecule has 0 saturated heterocycles. The molecule has 4 nitrogen and oxygen atoms in total. The summed E-state index contributed by atoms with van der Waals surface area (Å²) < 4.78 is 1.84. The van der Waals surface area contributed by atoms with Crippen LogP contribution in [0.5, 0.6) is 0 Å². The van der Waals surface area contributed by atoms with Crippen molar-refractivity contribution in [3.8, 4) is 0 Å². The number of hydrogen-bond acceptors (Lipinski definition) is 2. The van der Waals surface area contributed by atoms with Crippen LogP contribution in [-0.2, 0) is 11.3 Å². The number of hydrogen-bond donors (Lipinski definition) is 1. The first kappa shape index (κ1) is 19.6. The van der Waals surface area contributed by atoms with Crippen molar-refractivity contribution in [3.05, 3.63) is 102 Å². The molecule has 0 radical (unpaired) electrons. The number of carbonyl (C=O) groups is 1. The van der Waals surface area contributed by atoms with Gasteiger partial charge in [0.05, 0.1) is 18.4 Å². The molecular weight excluding hydrogens is 370 g/mol. The minimum atomic E-state index is -0.173. The summed E-state index contributed by atoms with van der Waals surface area (Å²) in [6.07, 6.45) is 6.89. The number of benzene rings is 3. The van der Waals surface area contributed by atoms with Crippen molar-refractivity contribution in [1.82, 2.24) is 9.78 Å². The van der Waals surface area contributed by atoms with Gasteiger partial charge in [0, 0.05) is 12.3 Å². The van der Waals surface area contributed by atoms with Crippen molar-refractivity contribution in [2.45, 2.75) is 26.3 Å². The zero-order valence-electron chi connectivity index (χ0n) is 17.2. The third-order valence-electron chi connectivity index (χ3n) is 5.14. The van der Waals surface area contributed by atoms with Crippen molar-refractivity contribution in [3.63, 3.8) is 0 Å². The minimum absolute atomic E-state index is 0.173. The molecule has 1 aromatic heterocycles. The molecule has 0 aliphatic rings. The van der Waals surface area contributed by atoms with Crippen LogP contribution in [0.4, 0.5) is 5.69 Å². The number of nitrogens with one attached hydrogen (secondary N) is 1. The molecule has 1 N–H and O–H groups in total. The predicted octanol–water partition coefficient (Wildman–Crippen LogP) is 5.86. The van der Waals surface area contributed by atoms with Crippen molar-refractivity contribution in [2.24, 2.45) is 0 Å². The maximum Gasteiger partial charge on any atom is 0.248 e. The Labute approximate surface area is 176 Å². The van der Waals surface area contributed by atoms with Gasteiger partial charge in [0.2, 0.25) is 5.91 Å². The second kappa shape index (κ2) is 8.78. The van der Waals surface area contributed by atoms with Crippen molar-refractivity contribution in [2.75, 3.05) is 5.32 Å². The van der Waals surface area contributed by atoms with Gasteiger partial charge in [-0.2, -0.15) is 5.10 Å². The molecule has 0 aliphatic heterocycles. The monoisotopic (exact) mass is 395 g/mol. The summed E-state index contributed by atoms with van der Waals surface area (Å²) in [6, 6.07) is 22.8. The molecule has 4 rings (SSSR count). The summed E-state index contributed by atoms with van der Waals surface area (Å²) in [7, 11) is 0. The largest absolute Gasteiger partial charge is 0.320 e. The Morgan fingerprint density at radius 3 is 2.60 bits per heavy atom. The smallest absolute Gasteiger partial charge is 0.248 e. The average molecular weight is 396 g/mol. The van der Waals surface area contributed by atoms with Crippen LogP contribution in [0.25, 0.3) is 16.8 Å². The average Bonchev–Trinajstić information content (AvgIpc) is 3.19. The number of amides is 1. The van der Waals surface area contributed by atoms with Crippen LogP contribution in [0, 0.1) is 0 Å². The first-order chi connectivity index (χ1) is 14.6. The maximum atomic E-state index is 12.3. The van der Waals surface area contributed by atoms with E-state index in [0.717, 1.165) is 5.56 Å². The Kier molecular flexibility index (Phi) is 5.75. The maximum absolute atomic E-state index is 12.3. The molecular formula is C26H25N3O. The molecule has 4 heteroatoms. The van der Waals surface area contributed by atoms with Crippen molar-refractivity contribution < 1.29 is 4.79 Å². The summed E-state index contributed by atoms with van der Waals surface area (Å²) in [6.45, 7) is 4.98. The van der Waals surface area contributed by atoms with Crippen molar-refractivity contribution >= 4 is 28.4 Å². The lowest BCUT2D eigenvalue weighted by molar-refractivity contribution is -0.111. The van der Waals surface area contributed by atoms with E-state index in [4.69, 9.17) is 0 Å². The van der Waals surface area contributed by atoms with Gasteiger partial charge < -0.3 is 5.32 Å². The number of rotatable bonds is 6. The summed E-state index contributed by atoms with van der Waals surface area (Å²) in [5.41, 5.74) is 4.16. The summed E-state index contributed by atoms with van der Waals surface area (Å²) >= 11 is 0. The van der Waals surface area contributed by atoms with E-state index in [-0.39, 0.29) is 5.91 Å². The van der Waals surface area contributed by atoms with Crippen LogP contribution in [0.1, 0.15) is 36.5 Å². The van der Waals surface area contributed by atoms with Gasteiger partial charge in [-0.05, 0) is 39.5 Å². The van der Waals surface area contributed by atoms with E-state index in [1.54, 1.807) is 12.3 Å². The summed E-state index contributed by atoms with van der Waals surface area (Å²) in [4.78, 5) is 12.3. The number of nitrogens with zero attached hydrogens (tertiary/aromatic N) is 2. The third-order valence-corrected chi connectivity index (χ3v) is 5.14. The number of fused-ring (bicyclic) bond motifs is 1. The van der Waals surface area contributed by atoms with Gasteiger partial charge in [-0.15, -0.1) is 0 Å². The Morgan fingerprint density at radius 1 is 1.03 bits per heavy atom. The van der Waals surface area contributed by atoms with Gasteiger partial charge in [-0.3, -0.25) is 9.48 Å². The first-order valence-corrected chi connectivity index (χ1v) is 10.2. The van der Waals surface area contributed by atoms with Gasteiger partial charge in [-0.1, -0.05) is 80.6 Å². The van der Waals surface area contributed by atoms with E-state index >= 15 is 0 Å². The molecule has 0 aliphatic carbocycles. The van der Waals surface area contributed by atoms with Gasteiger partial charge >= 0.3 is 0 Å². The molecule has 3 aromatic carbocycles. The molecule has 0 atom stereocenters. The summed E-state index contributed by atoms with van der Waals surface area (Å²) in [5.74, 6) is 0.324. The molecule has 150 valence electrons. The fourth-order valence-electron chi connectivity index (χ4n) is 3.47. The first-order valence-electron chi connectivity index (χ1n) is 10.2. The Morgan fingerprint density at radius 2 is 1.80 bits per heavy atom. The fourth-order valence-corrected chi connectivity index (χ4v) is 3.47. The van der Waals surface area contributed by atoms with Crippen LogP contribution in [-0.4, -0.2) is 15.7 Å². The number of carbonyl (C=O) groups excluding carboxylic acids is 1. The Bertz CT molecular complexity index is 1180. The molecule has 0 spiro atoms. The van der Waals surface area contributed by atoms with Crippen LogP contribution in [0.15, 0.2) is 85.2 Å². The second-order valence-corrected chi connectivity index (χ2v) is 7.71. The van der Waals surface area contributed by atoms with Crippen LogP contribution in [0.3, 0.4) is 0 Å². The number of anilines is 1. The van der Waals surface area contributed by atoms with E-state index < -0.39 is 0 Å².